The maximum atomic E-state index is 5.24. The standard InChI is InChI=1S/C16H18BrNO/c1-11-4-5-13(8-12(11)2)10-18-16-9-14(19-3)6-7-15(16)17/h4-9,18H,10H2,1-3H3. The van der Waals surface area contributed by atoms with E-state index in [1.54, 1.807) is 7.11 Å². The summed E-state index contributed by atoms with van der Waals surface area (Å²) in [5.41, 5.74) is 4.96. The molecule has 0 aromatic heterocycles. The summed E-state index contributed by atoms with van der Waals surface area (Å²) in [6.07, 6.45) is 0. The van der Waals surface area contributed by atoms with E-state index in [1.807, 2.05) is 18.2 Å². The largest absolute Gasteiger partial charge is 0.497 e. The van der Waals surface area contributed by atoms with Gasteiger partial charge in [0.05, 0.1) is 12.8 Å². The maximum Gasteiger partial charge on any atom is 0.121 e. The van der Waals surface area contributed by atoms with Gasteiger partial charge in [0.25, 0.3) is 0 Å². The highest BCUT2D eigenvalue weighted by Gasteiger charge is 2.02. The molecule has 0 aliphatic rings. The highest BCUT2D eigenvalue weighted by atomic mass is 79.9. The molecule has 0 heterocycles. The number of halogens is 1. The third kappa shape index (κ3) is 3.51. The number of benzene rings is 2. The maximum absolute atomic E-state index is 5.24. The second-order valence-corrected chi connectivity index (χ2v) is 5.47. The van der Waals surface area contributed by atoms with Crippen molar-refractivity contribution >= 4 is 21.6 Å². The van der Waals surface area contributed by atoms with E-state index in [9.17, 15) is 0 Å². The van der Waals surface area contributed by atoms with Gasteiger partial charge >= 0.3 is 0 Å². The number of ether oxygens (including phenoxy) is 1. The fourth-order valence-electron chi connectivity index (χ4n) is 1.88. The van der Waals surface area contributed by atoms with Gasteiger partial charge in [-0.05, 0) is 58.6 Å². The predicted molar refractivity (Wildman–Crippen MR) is 83.9 cm³/mol. The molecular formula is C16H18BrNO. The Morgan fingerprint density at radius 2 is 1.84 bits per heavy atom. The minimum atomic E-state index is 0.798. The molecule has 1 N–H and O–H groups in total. The Hall–Kier alpha value is -1.48. The highest BCUT2D eigenvalue weighted by Crippen LogP contribution is 2.27. The van der Waals surface area contributed by atoms with Crippen LogP contribution in [0.2, 0.25) is 0 Å². The van der Waals surface area contributed by atoms with Crippen molar-refractivity contribution in [3.8, 4) is 5.75 Å². The lowest BCUT2D eigenvalue weighted by Gasteiger charge is -2.11. The number of hydrogen-bond acceptors (Lipinski definition) is 2. The molecule has 0 spiro atoms. The normalized spacial score (nSPS) is 10.3. The SMILES string of the molecule is COc1ccc(Br)c(NCc2ccc(C)c(C)c2)c1. The van der Waals surface area contributed by atoms with Crippen LogP contribution in [0.25, 0.3) is 0 Å². The summed E-state index contributed by atoms with van der Waals surface area (Å²) < 4.78 is 6.27. The van der Waals surface area contributed by atoms with Gasteiger partial charge in [0, 0.05) is 17.1 Å². The number of aryl methyl sites for hydroxylation is 2. The minimum Gasteiger partial charge on any atom is -0.497 e. The van der Waals surface area contributed by atoms with Crippen LogP contribution in [0, 0.1) is 13.8 Å². The van der Waals surface area contributed by atoms with Crippen LogP contribution in [0.1, 0.15) is 16.7 Å². The number of rotatable bonds is 4. The van der Waals surface area contributed by atoms with Crippen molar-refractivity contribution < 1.29 is 4.74 Å². The van der Waals surface area contributed by atoms with Gasteiger partial charge in [0.15, 0.2) is 0 Å². The fraction of sp³-hybridized carbons (Fsp3) is 0.250. The molecule has 0 radical (unpaired) electrons. The topological polar surface area (TPSA) is 21.3 Å². The van der Waals surface area contributed by atoms with E-state index in [1.165, 1.54) is 16.7 Å². The zero-order chi connectivity index (χ0) is 13.8. The molecule has 0 amide bonds. The third-order valence-corrected chi connectivity index (χ3v) is 3.92. The molecular weight excluding hydrogens is 302 g/mol. The van der Waals surface area contributed by atoms with Gasteiger partial charge in [0.2, 0.25) is 0 Å². The molecule has 3 heteroatoms. The van der Waals surface area contributed by atoms with Gasteiger partial charge < -0.3 is 10.1 Å². The molecule has 0 atom stereocenters. The molecule has 2 aromatic rings. The van der Waals surface area contributed by atoms with E-state index in [0.717, 1.165) is 22.5 Å². The molecule has 0 bridgehead atoms. The van der Waals surface area contributed by atoms with Crippen LogP contribution in [0.3, 0.4) is 0 Å². The monoisotopic (exact) mass is 319 g/mol. The van der Waals surface area contributed by atoms with Gasteiger partial charge in [-0.25, -0.2) is 0 Å². The van der Waals surface area contributed by atoms with Crippen LogP contribution in [-0.4, -0.2) is 7.11 Å². The zero-order valence-electron chi connectivity index (χ0n) is 11.5. The van der Waals surface area contributed by atoms with Crippen molar-refractivity contribution in [3.63, 3.8) is 0 Å². The number of anilines is 1. The molecule has 100 valence electrons. The molecule has 2 rings (SSSR count). The first-order valence-corrected chi connectivity index (χ1v) is 7.03. The molecule has 0 aliphatic carbocycles. The highest BCUT2D eigenvalue weighted by molar-refractivity contribution is 9.10. The fourth-order valence-corrected chi connectivity index (χ4v) is 2.26. The molecule has 2 aromatic carbocycles. The van der Waals surface area contributed by atoms with Crippen molar-refractivity contribution in [3.05, 3.63) is 57.6 Å². The summed E-state index contributed by atoms with van der Waals surface area (Å²) >= 11 is 3.54. The second-order valence-electron chi connectivity index (χ2n) is 4.62. The van der Waals surface area contributed by atoms with E-state index in [4.69, 9.17) is 4.74 Å². The summed E-state index contributed by atoms with van der Waals surface area (Å²) in [4.78, 5) is 0. The Balaban J connectivity index is 2.11. The van der Waals surface area contributed by atoms with Gasteiger partial charge in [0.1, 0.15) is 5.75 Å². The van der Waals surface area contributed by atoms with Crippen LogP contribution in [0.5, 0.6) is 5.75 Å². The summed E-state index contributed by atoms with van der Waals surface area (Å²) in [7, 11) is 1.68. The van der Waals surface area contributed by atoms with Crippen molar-refractivity contribution in [2.24, 2.45) is 0 Å². The number of hydrogen-bond donors (Lipinski definition) is 1. The van der Waals surface area contributed by atoms with Crippen molar-refractivity contribution in [1.82, 2.24) is 0 Å². The smallest absolute Gasteiger partial charge is 0.121 e. The van der Waals surface area contributed by atoms with Crippen LogP contribution in [-0.2, 0) is 6.54 Å². The Bertz CT molecular complexity index is 581. The quantitative estimate of drug-likeness (QED) is 0.883. The number of nitrogens with one attached hydrogen (secondary N) is 1. The van der Waals surface area contributed by atoms with E-state index < -0.39 is 0 Å². The lowest BCUT2D eigenvalue weighted by atomic mass is 10.1. The zero-order valence-corrected chi connectivity index (χ0v) is 13.0. The Morgan fingerprint density at radius 1 is 1.05 bits per heavy atom. The van der Waals surface area contributed by atoms with Gasteiger partial charge in [-0.2, -0.15) is 0 Å². The van der Waals surface area contributed by atoms with E-state index in [2.05, 4.69) is 53.3 Å². The average Bonchev–Trinajstić information content (AvgIpc) is 2.41. The summed E-state index contributed by atoms with van der Waals surface area (Å²) in [5.74, 6) is 0.853. The second kappa shape index (κ2) is 6.11. The lowest BCUT2D eigenvalue weighted by Crippen LogP contribution is -2.01. The van der Waals surface area contributed by atoms with Gasteiger partial charge in [-0.15, -0.1) is 0 Å². The van der Waals surface area contributed by atoms with Gasteiger partial charge in [-0.1, -0.05) is 18.2 Å². The van der Waals surface area contributed by atoms with Crippen LogP contribution >= 0.6 is 15.9 Å². The lowest BCUT2D eigenvalue weighted by molar-refractivity contribution is 0.415. The number of methoxy groups -OCH3 is 1. The summed E-state index contributed by atoms with van der Waals surface area (Å²) in [6, 6.07) is 12.4. The third-order valence-electron chi connectivity index (χ3n) is 3.23. The Labute approximate surface area is 122 Å². The molecule has 0 saturated carbocycles. The molecule has 19 heavy (non-hydrogen) atoms. The van der Waals surface area contributed by atoms with Crippen molar-refractivity contribution in [1.29, 1.82) is 0 Å². The van der Waals surface area contributed by atoms with Gasteiger partial charge in [-0.3, -0.25) is 0 Å². The molecule has 2 nitrogen and oxygen atoms in total. The Kier molecular flexibility index (Phi) is 4.48. The molecule has 0 fully saturated rings. The van der Waals surface area contributed by atoms with E-state index >= 15 is 0 Å². The molecule has 0 aliphatic heterocycles. The predicted octanol–water partition coefficient (Wildman–Crippen LogP) is 4.69. The van der Waals surface area contributed by atoms with Crippen LogP contribution in [0.4, 0.5) is 5.69 Å². The average molecular weight is 320 g/mol. The molecule has 0 saturated heterocycles. The molecule has 0 unspecified atom stereocenters. The van der Waals surface area contributed by atoms with E-state index in [0.29, 0.717) is 0 Å². The first-order chi connectivity index (χ1) is 9.10. The summed E-state index contributed by atoms with van der Waals surface area (Å²) in [5, 5.41) is 3.42. The Morgan fingerprint density at radius 3 is 2.53 bits per heavy atom. The summed E-state index contributed by atoms with van der Waals surface area (Å²) in [6.45, 7) is 5.07. The minimum absolute atomic E-state index is 0.798. The van der Waals surface area contributed by atoms with Crippen LogP contribution < -0.4 is 10.1 Å². The first kappa shape index (κ1) is 13.9. The van der Waals surface area contributed by atoms with Crippen LogP contribution in [0.15, 0.2) is 40.9 Å². The van der Waals surface area contributed by atoms with Crippen molar-refractivity contribution in [2.75, 3.05) is 12.4 Å². The first-order valence-electron chi connectivity index (χ1n) is 6.23. The van der Waals surface area contributed by atoms with E-state index in [-0.39, 0.29) is 0 Å². The van der Waals surface area contributed by atoms with Crippen molar-refractivity contribution in [2.45, 2.75) is 20.4 Å².